The van der Waals surface area contributed by atoms with Crippen LogP contribution < -0.4 is 5.73 Å². The van der Waals surface area contributed by atoms with Crippen molar-refractivity contribution in [3.63, 3.8) is 0 Å². The average Bonchev–Trinajstić information content (AvgIpc) is 2.28. The SMILES string of the molecule is CN(CCO)C(C(N)=S)c1ccc(C(F)(F)F)cc1. The van der Waals surface area contributed by atoms with Crippen LogP contribution in [-0.2, 0) is 6.18 Å². The summed E-state index contributed by atoms with van der Waals surface area (Å²) in [4.78, 5) is 1.83. The molecule has 0 aromatic heterocycles. The molecule has 1 aromatic carbocycles. The molecule has 3 nitrogen and oxygen atoms in total. The van der Waals surface area contributed by atoms with Crippen molar-refractivity contribution >= 4 is 17.2 Å². The Morgan fingerprint density at radius 1 is 1.37 bits per heavy atom. The number of likely N-dealkylation sites (N-methyl/N-ethyl adjacent to an activating group) is 1. The van der Waals surface area contributed by atoms with E-state index in [1.165, 1.54) is 12.1 Å². The molecule has 0 radical (unpaired) electrons. The Kier molecular flexibility index (Phi) is 5.28. The van der Waals surface area contributed by atoms with Gasteiger partial charge in [0.2, 0.25) is 0 Å². The third kappa shape index (κ3) is 4.15. The number of alkyl halides is 3. The van der Waals surface area contributed by atoms with E-state index in [1.54, 1.807) is 11.9 Å². The smallest absolute Gasteiger partial charge is 0.395 e. The second kappa shape index (κ2) is 6.31. The lowest BCUT2D eigenvalue weighted by molar-refractivity contribution is -0.137. The summed E-state index contributed by atoms with van der Waals surface area (Å²) in [6.45, 7) is 0.235. The zero-order chi connectivity index (χ0) is 14.6. The Bertz CT molecular complexity index is 434. The number of hydrogen-bond donors (Lipinski definition) is 2. The first-order valence-electron chi connectivity index (χ1n) is 5.55. The molecular weight excluding hydrogens is 277 g/mol. The molecule has 1 rings (SSSR count). The minimum Gasteiger partial charge on any atom is -0.395 e. The first kappa shape index (κ1) is 15.9. The lowest BCUT2D eigenvalue weighted by Crippen LogP contribution is -2.35. The molecule has 106 valence electrons. The van der Waals surface area contributed by atoms with Crippen LogP contribution in [0.4, 0.5) is 13.2 Å². The van der Waals surface area contributed by atoms with Crippen molar-refractivity contribution < 1.29 is 18.3 Å². The highest BCUT2D eigenvalue weighted by Gasteiger charge is 2.30. The van der Waals surface area contributed by atoms with Gasteiger partial charge in [-0.2, -0.15) is 13.2 Å². The van der Waals surface area contributed by atoms with Crippen molar-refractivity contribution in [3.05, 3.63) is 35.4 Å². The number of thiocarbonyl (C=S) groups is 1. The minimum atomic E-state index is -4.37. The minimum absolute atomic E-state index is 0.0871. The summed E-state index contributed by atoms with van der Waals surface area (Å²) >= 11 is 4.93. The van der Waals surface area contributed by atoms with Gasteiger partial charge < -0.3 is 10.8 Å². The van der Waals surface area contributed by atoms with Gasteiger partial charge in [0.1, 0.15) is 0 Å². The van der Waals surface area contributed by atoms with E-state index >= 15 is 0 Å². The molecule has 0 aliphatic rings. The first-order chi connectivity index (χ1) is 8.77. The molecule has 7 heteroatoms. The van der Waals surface area contributed by atoms with Gasteiger partial charge in [-0.25, -0.2) is 0 Å². The molecule has 0 heterocycles. The van der Waals surface area contributed by atoms with E-state index in [9.17, 15) is 13.2 Å². The molecule has 1 aromatic rings. The highest BCUT2D eigenvalue weighted by molar-refractivity contribution is 7.80. The fourth-order valence-corrected chi connectivity index (χ4v) is 2.09. The van der Waals surface area contributed by atoms with Crippen LogP contribution in [0.1, 0.15) is 17.2 Å². The molecule has 1 unspecified atom stereocenters. The molecule has 0 bridgehead atoms. The Morgan fingerprint density at radius 2 is 1.89 bits per heavy atom. The Hall–Kier alpha value is -1.18. The predicted molar refractivity (Wildman–Crippen MR) is 70.7 cm³/mol. The van der Waals surface area contributed by atoms with Crippen LogP contribution >= 0.6 is 12.2 Å². The Labute approximate surface area is 114 Å². The van der Waals surface area contributed by atoms with Crippen LogP contribution in [0.15, 0.2) is 24.3 Å². The second-order valence-electron chi connectivity index (χ2n) is 4.13. The number of halogens is 3. The molecule has 3 N–H and O–H groups in total. The van der Waals surface area contributed by atoms with Crippen molar-refractivity contribution in [1.29, 1.82) is 0 Å². The number of aliphatic hydroxyl groups excluding tert-OH is 1. The fourth-order valence-electron chi connectivity index (χ4n) is 1.78. The van der Waals surface area contributed by atoms with Crippen LogP contribution in [0.5, 0.6) is 0 Å². The summed E-state index contributed by atoms with van der Waals surface area (Å²) in [5.41, 5.74) is 5.46. The maximum atomic E-state index is 12.5. The van der Waals surface area contributed by atoms with Gasteiger partial charge in [0.15, 0.2) is 0 Å². The van der Waals surface area contributed by atoms with E-state index in [2.05, 4.69) is 0 Å². The van der Waals surface area contributed by atoms with E-state index in [0.29, 0.717) is 12.1 Å². The molecule has 0 amide bonds. The molecular formula is C12H15F3N2OS. The van der Waals surface area contributed by atoms with E-state index in [0.717, 1.165) is 12.1 Å². The Morgan fingerprint density at radius 3 is 2.26 bits per heavy atom. The van der Waals surface area contributed by atoms with Crippen molar-refractivity contribution in [2.24, 2.45) is 5.73 Å². The highest BCUT2D eigenvalue weighted by atomic mass is 32.1. The summed E-state index contributed by atoms with van der Waals surface area (Å²) in [6.07, 6.45) is -4.37. The normalized spacial score (nSPS) is 13.6. The standard InChI is InChI=1S/C12H15F3N2OS/c1-17(6-7-18)10(11(16)19)8-2-4-9(5-3-8)12(13,14)15/h2-5,10,18H,6-7H2,1H3,(H2,16,19). The molecule has 1 atom stereocenters. The fraction of sp³-hybridized carbons (Fsp3) is 0.417. The maximum Gasteiger partial charge on any atom is 0.416 e. The van der Waals surface area contributed by atoms with Gasteiger partial charge in [-0.1, -0.05) is 24.4 Å². The van der Waals surface area contributed by atoms with Crippen LogP contribution in [0.2, 0.25) is 0 Å². The molecule has 0 fully saturated rings. The summed E-state index contributed by atoms with van der Waals surface area (Å²) in [5.74, 6) is 0. The summed E-state index contributed by atoms with van der Waals surface area (Å²) in [5, 5.41) is 8.89. The third-order valence-corrected chi connectivity index (χ3v) is 2.94. The molecule has 0 saturated heterocycles. The zero-order valence-corrected chi connectivity index (χ0v) is 11.1. The lowest BCUT2D eigenvalue weighted by atomic mass is 10.0. The third-order valence-electron chi connectivity index (χ3n) is 2.72. The van der Waals surface area contributed by atoms with Crippen molar-refractivity contribution in [3.8, 4) is 0 Å². The van der Waals surface area contributed by atoms with Gasteiger partial charge in [0.05, 0.1) is 23.2 Å². The van der Waals surface area contributed by atoms with Gasteiger partial charge in [0, 0.05) is 6.54 Å². The quantitative estimate of drug-likeness (QED) is 0.815. The number of hydrogen-bond acceptors (Lipinski definition) is 3. The van der Waals surface area contributed by atoms with Gasteiger partial charge in [0.25, 0.3) is 0 Å². The van der Waals surface area contributed by atoms with Gasteiger partial charge in [-0.3, -0.25) is 4.90 Å². The molecule has 0 aliphatic heterocycles. The number of benzene rings is 1. The van der Waals surface area contributed by atoms with E-state index in [1.807, 2.05) is 0 Å². The molecule has 0 spiro atoms. The van der Waals surface area contributed by atoms with E-state index < -0.39 is 17.8 Å². The maximum absolute atomic E-state index is 12.5. The molecule has 0 aliphatic carbocycles. The summed E-state index contributed by atoms with van der Waals surface area (Å²) < 4.78 is 37.4. The molecule has 0 saturated carbocycles. The largest absolute Gasteiger partial charge is 0.416 e. The highest BCUT2D eigenvalue weighted by Crippen LogP contribution is 2.30. The van der Waals surface area contributed by atoms with E-state index in [4.69, 9.17) is 23.1 Å². The van der Waals surface area contributed by atoms with Crippen molar-refractivity contribution in [2.75, 3.05) is 20.2 Å². The van der Waals surface area contributed by atoms with Crippen LogP contribution in [0.3, 0.4) is 0 Å². The van der Waals surface area contributed by atoms with Crippen LogP contribution in [0.25, 0.3) is 0 Å². The van der Waals surface area contributed by atoms with E-state index in [-0.39, 0.29) is 11.6 Å². The lowest BCUT2D eigenvalue weighted by Gasteiger charge is -2.27. The topological polar surface area (TPSA) is 49.5 Å². The van der Waals surface area contributed by atoms with Gasteiger partial charge >= 0.3 is 6.18 Å². The Balaban J connectivity index is 3.02. The number of aliphatic hydroxyl groups is 1. The van der Waals surface area contributed by atoms with Crippen molar-refractivity contribution in [2.45, 2.75) is 12.2 Å². The number of nitrogens with zero attached hydrogens (tertiary/aromatic N) is 1. The van der Waals surface area contributed by atoms with Crippen LogP contribution in [0, 0.1) is 0 Å². The average molecular weight is 292 g/mol. The van der Waals surface area contributed by atoms with Crippen LogP contribution in [-0.4, -0.2) is 35.2 Å². The summed E-state index contributed by atoms with van der Waals surface area (Å²) in [7, 11) is 1.69. The summed E-state index contributed by atoms with van der Waals surface area (Å²) in [6, 6.07) is 4.19. The molecule has 19 heavy (non-hydrogen) atoms. The zero-order valence-electron chi connectivity index (χ0n) is 10.3. The van der Waals surface area contributed by atoms with Gasteiger partial charge in [-0.15, -0.1) is 0 Å². The number of rotatable bonds is 5. The van der Waals surface area contributed by atoms with Crippen molar-refractivity contribution in [1.82, 2.24) is 4.90 Å². The van der Waals surface area contributed by atoms with Gasteiger partial charge in [-0.05, 0) is 24.7 Å². The predicted octanol–water partition coefficient (Wildman–Crippen LogP) is 1.96. The second-order valence-corrected chi connectivity index (χ2v) is 4.60. The number of nitrogens with two attached hydrogens (primary N) is 1. The first-order valence-corrected chi connectivity index (χ1v) is 5.95. The monoisotopic (exact) mass is 292 g/mol.